The molecular weight excluding hydrogens is 214 g/mol. The van der Waals surface area contributed by atoms with Gasteiger partial charge in [-0.15, -0.1) is 11.3 Å². The van der Waals surface area contributed by atoms with Crippen molar-refractivity contribution in [1.29, 1.82) is 0 Å². The minimum atomic E-state index is 0.276. The second-order valence-electron chi connectivity index (χ2n) is 3.21. The van der Waals surface area contributed by atoms with Crippen LogP contribution in [0.25, 0.3) is 0 Å². The highest BCUT2D eigenvalue weighted by molar-refractivity contribution is 8.14. The zero-order valence-electron chi connectivity index (χ0n) is 8.28. The minimum absolute atomic E-state index is 0.276. The highest BCUT2D eigenvalue weighted by Crippen LogP contribution is 2.20. The summed E-state index contributed by atoms with van der Waals surface area (Å²) in [5.41, 5.74) is 0. The van der Waals surface area contributed by atoms with Crippen LogP contribution in [0.3, 0.4) is 0 Å². The van der Waals surface area contributed by atoms with Gasteiger partial charge in [0.25, 0.3) is 0 Å². The Labute approximate surface area is 92.0 Å². The van der Waals surface area contributed by atoms with Crippen LogP contribution in [0, 0.1) is 6.92 Å². The van der Waals surface area contributed by atoms with Gasteiger partial charge in [-0.2, -0.15) is 0 Å². The Morgan fingerprint density at radius 3 is 3.00 bits per heavy atom. The van der Waals surface area contributed by atoms with Crippen molar-refractivity contribution < 1.29 is 0 Å². The van der Waals surface area contributed by atoms with Gasteiger partial charge < -0.3 is 5.32 Å². The third-order valence-corrected chi connectivity index (χ3v) is 3.94. The van der Waals surface area contributed by atoms with Gasteiger partial charge in [0.1, 0.15) is 5.01 Å². The molecule has 0 aliphatic carbocycles. The van der Waals surface area contributed by atoms with E-state index in [0.717, 1.165) is 22.5 Å². The molecule has 1 aliphatic rings. The van der Waals surface area contributed by atoms with Gasteiger partial charge in [-0.1, -0.05) is 11.8 Å². The first-order chi connectivity index (χ1) is 6.75. The highest BCUT2D eigenvalue weighted by atomic mass is 32.2. The lowest BCUT2D eigenvalue weighted by Gasteiger charge is -2.10. The average Bonchev–Trinajstić information content (AvgIpc) is 2.75. The Morgan fingerprint density at radius 2 is 2.43 bits per heavy atom. The molecule has 14 heavy (non-hydrogen) atoms. The number of amidine groups is 1. The molecule has 0 aromatic carbocycles. The van der Waals surface area contributed by atoms with E-state index in [1.807, 2.05) is 6.20 Å². The second-order valence-corrected chi connectivity index (χ2v) is 5.56. The third-order valence-electron chi connectivity index (χ3n) is 1.94. The highest BCUT2D eigenvalue weighted by Gasteiger charge is 2.13. The lowest BCUT2D eigenvalue weighted by atomic mass is 10.4. The van der Waals surface area contributed by atoms with E-state index in [9.17, 15) is 0 Å². The molecule has 1 aromatic heterocycles. The van der Waals surface area contributed by atoms with E-state index in [0.29, 0.717) is 0 Å². The molecule has 0 saturated heterocycles. The molecule has 0 bridgehead atoms. The zero-order chi connectivity index (χ0) is 9.97. The Balaban J connectivity index is 1.98. The summed E-state index contributed by atoms with van der Waals surface area (Å²) in [7, 11) is 0. The zero-order valence-corrected chi connectivity index (χ0v) is 9.91. The number of aromatic nitrogens is 1. The number of nitrogens with zero attached hydrogens (tertiary/aromatic N) is 2. The van der Waals surface area contributed by atoms with Gasteiger partial charge in [-0.05, 0) is 13.8 Å². The van der Waals surface area contributed by atoms with Crippen molar-refractivity contribution in [1.82, 2.24) is 10.3 Å². The molecule has 1 N–H and O–H groups in total. The summed E-state index contributed by atoms with van der Waals surface area (Å²) in [6, 6.07) is 0.276. The molecule has 1 unspecified atom stereocenters. The van der Waals surface area contributed by atoms with Crippen LogP contribution < -0.4 is 5.32 Å². The predicted octanol–water partition coefficient (Wildman–Crippen LogP) is 2.20. The van der Waals surface area contributed by atoms with Crippen LogP contribution in [0.4, 0.5) is 0 Å². The Kier molecular flexibility index (Phi) is 3.08. The maximum atomic E-state index is 4.35. The summed E-state index contributed by atoms with van der Waals surface area (Å²) in [4.78, 5) is 9.96. The fourth-order valence-corrected chi connectivity index (χ4v) is 2.84. The van der Waals surface area contributed by atoms with Crippen molar-refractivity contribution in [3.05, 3.63) is 16.1 Å². The molecule has 0 radical (unpaired) electrons. The molecule has 0 saturated carbocycles. The number of hydrogen-bond donors (Lipinski definition) is 1. The van der Waals surface area contributed by atoms with Crippen molar-refractivity contribution in [2.75, 3.05) is 12.3 Å². The molecule has 5 heteroatoms. The standard InChI is InChI=1S/C9H13N3S2/c1-6-5-11-8(14-6)7(2)12-9-10-3-4-13-9/h5,7H,3-4H2,1-2H3,(H,10,12). The summed E-state index contributed by atoms with van der Waals surface area (Å²) < 4.78 is 0. The van der Waals surface area contributed by atoms with Gasteiger partial charge in [-0.3, -0.25) is 4.99 Å². The van der Waals surface area contributed by atoms with Crippen LogP contribution in [0.15, 0.2) is 11.2 Å². The normalized spacial score (nSPS) is 18.0. The molecule has 2 rings (SSSR count). The van der Waals surface area contributed by atoms with Crippen LogP contribution in [0.1, 0.15) is 22.9 Å². The summed E-state index contributed by atoms with van der Waals surface area (Å²) in [6.07, 6.45) is 1.92. The quantitative estimate of drug-likeness (QED) is 0.841. The van der Waals surface area contributed by atoms with E-state index >= 15 is 0 Å². The van der Waals surface area contributed by atoms with Crippen LogP contribution in [0.5, 0.6) is 0 Å². The second kappa shape index (κ2) is 4.31. The first-order valence-corrected chi connectivity index (χ1v) is 6.42. The number of hydrogen-bond acceptors (Lipinski definition) is 5. The molecular formula is C9H13N3S2. The lowest BCUT2D eigenvalue weighted by molar-refractivity contribution is 0.716. The van der Waals surface area contributed by atoms with E-state index in [1.165, 1.54) is 4.88 Å². The monoisotopic (exact) mass is 227 g/mol. The maximum absolute atomic E-state index is 4.35. The van der Waals surface area contributed by atoms with Crippen molar-refractivity contribution in [2.45, 2.75) is 19.9 Å². The molecule has 3 nitrogen and oxygen atoms in total. The maximum Gasteiger partial charge on any atom is 0.157 e. The number of thioether (sulfide) groups is 1. The minimum Gasteiger partial charge on any atom is -0.356 e. The summed E-state index contributed by atoms with van der Waals surface area (Å²) >= 11 is 3.53. The van der Waals surface area contributed by atoms with Gasteiger partial charge in [0, 0.05) is 16.8 Å². The van der Waals surface area contributed by atoms with Crippen molar-refractivity contribution >= 4 is 28.3 Å². The Hall–Kier alpha value is -0.550. The van der Waals surface area contributed by atoms with Crippen LogP contribution in [-0.4, -0.2) is 22.4 Å². The molecule has 2 heterocycles. The van der Waals surface area contributed by atoms with Gasteiger partial charge in [-0.25, -0.2) is 4.98 Å². The van der Waals surface area contributed by atoms with Crippen LogP contribution in [-0.2, 0) is 0 Å². The fourth-order valence-electron chi connectivity index (χ4n) is 1.24. The average molecular weight is 227 g/mol. The number of rotatable bonds is 2. The molecule has 0 spiro atoms. The fraction of sp³-hybridized carbons (Fsp3) is 0.556. The lowest BCUT2D eigenvalue weighted by Crippen LogP contribution is -2.22. The summed E-state index contributed by atoms with van der Waals surface area (Å²) in [6.45, 7) is 5.14. The van der Waals surface area contributed by atoms with E-state index in [4.69, 9.17) is 0 Å². The molecule has 0 amide bonds. The first-order valence-electron chi connectivity index (χ1n) is 4.62. The number of aryl methyl sites for hydroxylation is 1. The first kappa shape index (κ1) is 9.98. The van der Waals surface area contributed by atoms with Gasteiger partial charge >= 0.3 is 0 Å². The van der Waals surface area contributed by atoms with Crippen LogP contribution in [0.2, 0.25) is 0 Å². The molecule has 1 aliphatic heterocycles. The smallest absolute Gasteiger partial charge is 0.157 e. The number of nitrogens with one attached hydrogen (secondary N) is 1. The Bertz CT molecular complexity index is 346. The van der Waals surface area contributed by atoms with Crippen molar-refractivity contribution in [3.63, 3.8) is 0 Å². The molecule has 1 aromatic rings. The van der Waals surface area contributed by atoms with E-state index in [-0.39, 0.29) is 6.04 Å². The third kappa shape index (κ3) is 2.27. The van der Waals surface area contributed by atoms with Crippen molar-refractivity contribution in [3.8, 4) is 0 Å². The van der Waals surface area contributed by atoms with Crippen LogP contribution >= 0.6 is 23.1 Å². The van der Waals surface area contributed by atoms with Crippen molar-refractivity contribution in [2.24, 2.45) is 4.99 Å². The molecule has 76 valence electrons. The van der Waals surface area contributed by atoms with E-state index < -0.39 is 0 Å². The van der Waals surface area contributed by atoms with Gasteiger partial charge in [0.05, 0.1) is 12.6 Å². The van der Waals surface area contributed by atoms with Gasteiger partial charge in [0.2, 0.25) is 0 Å². The summed E-state index contributed by atoms with van der Waals surface area (Å²) in [5.74, 6) is 1.10. The van der Waals surface area contributed by atoms with E-state index in [2.05, 4.69) is 29.1 Å². The summed E-state index contributed by atoms with van der Waals surface area (Å²) in [5, 5.41) is 5.57. The number of thiazole rings is 1. The predicted molar refractivity (Wildman–Crippen MR) is 63.2 cm³/mol. The van der Waals surface area contributed by atoms with E-state index in [1.54, 1.807) is 23.1 Å². The topological polar surface area (TPSA) is 37.3 Å². The Morgan fingerprint density at radius 1 is 1.57 bits per heavy atom. The number of aliphatic imine (C=N–C) groups is 1. The molecule has 1 atom stereocenters. The van der Waals surface area contributed by atoms with Gasteiger partial charge in [0.15, 0.2) is 5.17 Å². The largest absolute Gasteiger partial charge is 0.356 e. The molecule has 0 fully saturated rings. The SMILES string of the molecule is Cc1cnc(C(C)NC2=NCCS2)s1.